The van der Waals surface area contributed by atoms with E-state index in [4.69, 9.17) is 0 Å². The molecule has 1 saturated carbocycles. The molecule has 0 radical (unpaired) electrons. The number of hydrogen-bond donors (Lipinski definition) is 1. The molecule has 6 rings (SSSR count). The molecule has 1 fully saturated rings. The molecule has 0 saturated heterocycles. The minimum atomic E-state index is -0.136. The number of hydrogen-bond acceptors (Lipinski definition) is 7. The van der Waals surface area contributed by atoms with E-state index in [1.54, 1.807) is 0 Å². The molecule has 9 nitrogen and oxygen atoms in total. The van der Waals surface area contributed by atoms with Crippen LogP contribution in [0.25, 0.3) is 28.5 Å². The highest BCUT2D eigenvalue weighted by molar-refractivity contribution is 7.99. The van der Waals surface area contributed by atoms with Crippen LogP contribution in [-0.2, 0) is 4.79 Å². The molecule has 1 N–H and O–H groups in total. The molecular weight excluding hydrogens is 472 g/mol. The van der Waals surface area contributed by atoms with Crippen molar-refractivity contribution in [1.29, 1.82) is 0 Å². The number of nitrogens with zero attached hydrogens (tertiary/aromatic N) is 7. The van der Waals surface area contributed by atoms with E-state index >= 15 is 0 Å². The van der Waals surface area contributed by atoms with Crippen molar-refractivity contribution in [2.45, 2.75) is 24.0 Å². The first-order valence-electron chi connectivity index (χ1n) is 11.6. The minimum Gasteiger partial charge on any atom is -0.325 e. The molecule has 1 aliphatic rings. The Morgan fingerprint density at radius 3 is 2.39 bits per heavy atom. The molecule has 0 atom stereocenters. The van der Waals surface area contributed by atoms with Gasteiger partial charge in [0.25, 0.3) is 0 Å². The number of para-hydroxylation sites is 1. The van der Waals surface area contributed by atoms with E-state index in [1.165, 1.54) is 11.8 Å². The summed E-state index contributed by atoms with van der Waals surface area (Å²) in [5.74, 6) is 1.49. The van der Waals surface area contributed by atoms with Crippen LogP contribution < -0.4 is 5.32 Å². The van der Waals surface area contributed by atoms with Crippen LogP contribution in [0.3, 0.4) is 0 Å². The summed E-state index contributed by atoms with van der Waals surface area (Å²) < 4.78 is 3.84. The van der Waals surface area contributed by atoms with E-state index in [9.17, 15) is 4.79 Å². The number of amides is 1. The van der Waals surface area contributed by atoms with Crippen molar-refractivity contribution >= 4 is 23.4 Å². The van der Waals surface area contributed by atoms with Gasteiger partial charge < -0.3 is 5.32 Å². The Balaban J connectivity index is 1.19. The van der Waals surface area contributed by atoms with Crippen LogP contribution in [0.2, 0.25) is 0 Å². The number of rotatable bonds is 8. The molecule has 0 bridgehead atoms. The fourth-order valence-corrected chi connectivity index (χ4v) is 4.71. The highest BCUT2D eigenvalue weighted by Crippen LogP contribution is 2.37. The van der Waals surface area contributed by atoms with Gasteiger partial charge in [0.2, 0.25) is 5.91 Å². The van der Waals surface area contributed by atoms with Gasteiger partial charge in [-0.05, 0) is 47.5 Å². The average Bonchev–Trinajstić information content (AvgIpc) is 3.48. The fraction of sp³-hybridized carbons (Fsp3) is 0.154. The van der Waals surface area contributed by atoms with Crippen LogP contribution in [0, 0.1) is 0 Å². The first kappa shape index (κ1) is 22.2. The molecule has 178 valence electrons. The number of thioether (sulfide) groups is 1. The predicted molar refractivity (Wildman–Crippen MR) is 138 cm³/mol. The maximum atomic E-state index is 12.9. The Kier molecular flexibility index (Phi) is 6.00. The quantitative estimate of drug-likeness (QED) is 0.313. The van der Waals surface area contributed by atoms with Crippen LogP contribution in [0.5, 0.6) is 0 Å². The van der Waals surface area contributed by atoms with Gasteiger partial charge in [-0.25, -0.2) is 4.68 Å². The lowest BCUT2D eigenvalue weighted by atomic mass is 10.2. The van der Waals surface area contributed by atoms with Gasteiger partial charge in [0.15, 0.2) is 16.8 Å². The zero-order chi connectivity index (χ0) is 24.3. The second-order valence-electron chi connectivity index (χ2n) is 8.44. The third-order valence-electron chi connectivity index (χ3n) is 5.80. The maximum Gasteiger partial charge on any atom is 0.234 e. The zero-order valence-corrected chi connectivity index (χ0v) is 20.0. The average molecular weight is 495 g/mol. The second kappa shape index (κ2) is 9.74. The number of anilines is 1. The summed E-state index contributed by atoms with van der Waals surface area (Å²) in [6.45, 7) is 0. The number of nitrogens with one attached hydrogen (secondary N) is 1. The summed E-state index contributed by atoms with van der Waals surface area (Å²) in [5.41, 5.74) is 3.45. The zero-order valence-electron chi connectivity index (χ0n) is 19.2. The summed E-state index contributed by atoms with van der Waals surface area (Å²) >= 11 is 1.34. The van der Waals surface area contributed by atoms with Crippen molar-refractivity contribution in [2.24, 2.45) is 0 Å². The first-order valence-corrected chi connectivity index (χ1v) is 12.6. The summed E-state index contributed by atoms with van der Waals surface area (Å²) in [6, 6.07) is 27.8. The third-order valence-corrected chi connectivity index (χ3v) is 6.73. The van der Waals surface area contributed by atoms with Crippen molar-refractivity contribution in [3.63, 3.8) is 0 Å². The molecule has 36 heavy (non-hydrogen) atoms. The van der Waals surface area contributed by atoms with Gasteiger partial charge in [-0.15, -0.1) is 15.3 Å². The van der Waals surface area contributed by atoms with Crippen LogP contribution in [0.1, 0.15) is 18.9 Å². The number of carbonyl (C=O) groups excluding carboxylic acids is 1. The summed E-state index contributed by atoms with van der Waals surface area (Å²) in [6.07, 6.45) is 2.18. The van der Waals surface area contributed by atoms with Crippen molar-refractivity contribution in [2.75, 3.05) is 11.1 Å². The van der Waals surface area contributed by atoms with E-state index in [1.807, 2.05) is 94.2 Å². The molecule has 5 aromatic rings. The third kappa shape index (κ3) is 4.63. The molecule has 3 aromatic carbocycles. The van der Waals surface area contributed by atoms with Crippen molar-refractivity contribution in [1.82, 2.24) is 35.0 Å². The smallest absolute Gasteiger partial charge is 0.234 e. The Morgan fingerprint density at radius 1 is 0.861 bits per heavy atom. The van der Waals surface area contributed by atoms with Gasteiger partial charge in [-0.1, -0.05) is 72.4 Å². The highest BCUT2D eigenvalue weighted by Gasteiger charge is 2.28. The number of tetrazole rings is 1. The van der Waals surface area contributed by atoms with E-state index in [0.717, 1.165) is 35.5 Å². The molecule has 10 heteroatoms. The first-order chi connectivity index (χ1) is 17.8. The monoisotopic (exact) mass is 494 g/mol. The minimum absolute atomic E-state index is 0.136. The lowest BCUT2D eigenvalue weighted by Gasteiger charge is -2.11. The SMILES string of the molecule is O=C(CSc1nnc(-c2ccccc2)n1-c1ccccc1)Nc1cccc(-c2nnnn2C2CC2)c1. The van der Waals surface area contributed by atoms with Crippen molar-refractivity contribution in [3.05, 3.63) is 84.9 Å². The van der Waals surface area contributed by atoms with Gasteiger partial charge in [-0.3, -0.25) is 9.36 Å². The van der Waals surface area contributed by atoms with Gasteiger partial charge >= 0.3 is 0 Å². The topological polar surface area (TPSA) is 103 Å². The van der Waals surface area contributed by atoms with E-state index < -0.39 is 0 Å². The number of benzene rings is 3. The maximum absolute atomic E-state index is 12.9. The highest BCUT2D eigenvalue weighted by atomic mass is 32.2. The molecule has 1 aliphatic carbocycles. The molecule has 0 unspecified atom stereocenters. The number of carbonyl (C=O) groups is 1. The predicted octanol–water partition coefficient (Wildman–Crippen LogP) is 4.65. The molecule has 0 aliphatic heterocycles. The Bertz CT molecular complexity index is 1490. The Morgan fingerprint density at radius 2 is 1.61 bits per heavy atom. The normalized spacial score (nSPS) is 13.0. The Hall–Kier alpha value is -4.31. The summed E-state index contributed by atoms with van der Waals surface area (Å²) in [7, 11) is 0. The van der Waals surface area contributed by atoms with E-state index in [0.29, 0.717) is 22.7 Å². The van der Waals surface area contributed by atoms with Crippen molar-refractivity contribution in [3.8, 4) is 28.5 Å². The standard InChI is InChI=1S/C26H22N8OS/c35-23(27-20-11-7-10-19(16-20)25-29-31-32-34(25)22-14-15-22)17-36-26-30-28-24(18-8-3-1-4-9-18)33(26)21-12-5-2-6-13-21/h1-13,16,22H,14-15,17H2,(H,27,35). The molecule has 0 spiro atoms. The molecule has 1 amide bonds. The van der Waals surface area contributed by atoms with Crippen molar-refractivity contribution < 1.29 is 4.79 Å². The van der Waals surface area contributed by atoms with Gasteiger partial charge in [0.1, 0.15) is 0 Å². The lowest BCUT2D eigenvalue weighted by Crippen LogP contribution is -2.14. The van der Waals surface area contributed by atoms with Gasteiger partial charge in [-0.2, -0.15) is 0 Å². The molecular formula is C26H22N8OS. The second-order valence-corrected chi connectivity index (χ2v) is 9.38. The lowest BCUT2D eigenvalue weighted by molar-refractivity contribution is -0.113. The van der Waals surface area contributed by atoms with Crippen LogP contribution >= 0.6 is 11.8 Å². The Labute approximate surface area is 211 Å². The summed E-state index contributed by atoms with van der Waals surface area (Å²) in [5, 5.41) is 24.6. The van der Waals surface area contributed by atoms with Crippen LogP contribution in [0.15, 0.2) is 90.1 Å². The van der Waals surface area contributed by atoms with E-state index in [2.05, 4.69) is 31.0 Å². The molecule has 2 aromatic heterocycles. The van der Waals surface area contributed by atoms with Gasteiger partial charge in [0.05, 0.1) is 11.8 Å². The van der Waals surface area contributed by atoms with E-state index in [-0.39, 0.29) is 11.7 Å². The van der Waals surface area contributed by atoms with Gasteiger partial charge in [0, 0.05) is 22.5 Å². The molecule has 2 heterocycles. The van der Waals surface area contributed by atoms with Crippen LogP contribution in [0.4, 0.5) is 5.69 Å². The fourth-order valence-electron chi connectivity index (χ4n) is 3.96. The number of aromatic nitrogens is 7. The van der Waals surface area contributed by atoms with Crippen LogP contribution in [-0.4, -0.2) is 46.6 Å². The largest absolute Gasteiger partial charge is 0.325 e. The summed E-state index contributed by atoms with van der Waals surface area (Å²) in [4.78, 5) is 12.9.